The third kappa shape index (κ3) is 2.56. The lowest BCUT2D eigenvalue weighted by Crippen LogP contribution is -2.49. The van der Waals surface area contributed by atoms with E-state index in [1.807, 2.05) is 12.3 Å². The van der Waals surface area contributed by atoms with Crippen LogP contribution in [0.4, 0.5) is 0 Å². The molecule has 5 heteroatoms. The Bertz CT molecular complexity index is 395. The van der Waals surface area contributed by atoms with Gasteiger partial charge < -0.3 is 10.4 Å². The number of carbonyl (C=O) groups is 2. The van der Waals surface area contributed by atoms with Crippen molar-refractivity contribution in [3.63, 3.8) is 0 Å². The van der Waals surface area contributed by atoms with Gasteiger partial charge in [-0.3, -0.25) is 4.79 Å². The van der Waals surface area contributed by atoms with Crippen molar-refractivity contribution in [2.24, 2.45) is 0 Å². The van der Waals surface area contributed by atoms with Crippen molar-refractivity contribution in [3.05, 3.63) is 21.9 Å². The molecule has 0 aromatic carbocycles. The first-order valence-electron chi connectivity index (χ1n) is 4.43. The molecule has 0 aliphatic carbocycles. The molecule has 0 fully saturated rings. The van der Waals surface area contributed by atoms with Gasteiger partial charge in [-0.1, -0.05) is 0 Å². The van der Waals surface area contributed by atoms with Gasteiger partial charge in [0.1, 0.15) is 5.54 Å². The van der Waals surface area contributed by atoms with E-state index in [0.717, 1.165) is 5.56 Å². The quantitative estimate of drug-likeness (QED) is 0.825. The van der Waals surface area contributed by atoms with E-state index in [0.29, 0.717) is 5.56 Å². The summed E-state index contributed by atoms with van der Waals surface area (Å²) in [6.07, 6.45) is 0. The Morgan fingerprint density at radius 2 is 2.00 bits per heavy atom. The van der Waals surface area contributed by atoms with Crippen LogP contribution < -0.4 is 5.32 Å². The summed E-state index contributed by atoms with van der Waals surface area (Å²) in [7, 11) is 0. The number of rotatable bonds is 3. The Hall–Kier alpha value is -1.36. The SMILES string of the molecule is Cc1cscc1C(=O)NC(C)(C)C(=O)O. The first-order chi connectivity index (χ1) is 6.84. The summed E-state index contributed by atoms with van der Waals surface area (Å²) in [5.74, 6) is -1.40. The molecule has 0 saturated carbocycles. The second kappa shape index (κ2) is 4.02. The summed E-state index contributed by atoms with van der Waals surface area (Å²) in [5, 5.41) is 14.9. The lowest BCUT2D eigenvalue weighted by molar-refractivity contribution is -0.143. The monoisotopic (exact) mass is 227 g/mol. The average molecular weight is 227 g/mol. The zero-order valence-electron chi connectivity index (χ0n) is 8.83. The molecule has 1 heterocycles. The van der Waals surface area contributed by atoms with Crippen molar-refractivity contribution in [3.8, 4) is 0 Å². The number of carboxylic acids is 1. The van der Waals surface area contributed by atoms with Gasteiger partial charge in [-0.15, -0.1) is 0 Å². The molecule has 0 bridgehead atoms. The number of carboxylic acid groups (broad SMARTS) is 1. The fraction of sp³-hybridized carbons (Fsp3) is 0.400. The number of nitrogens with one attached hydrogen (secondary N) is 1. The molecule has 4 nitrogen and oxygen atoms in total. The van der Waals surface area contributed by atoms with Gasteiger partial charge in [0, 0.05) is 5.38 Å². The highest BCUT2D eigenvalue weighted by Crippen LogP contribution is 2.14. The summed E-state index contributed by atoms with van der Waals surface area (Å²) in [6, 6.07) is 0. The van der Waals surface area contributed by atoms with Crippen molar-refractivity contribution in [1.82, 2.24) is 5.32 Å². The minimum absolute atomic E-state index is 0.346. The maximum Gasteiger partial charge on any atom is 0.328 e. The van der Waals surface area contributed by atoms with Crippen LogP contribution in [0.3, 0.4) is 0 Å². The van der Waals surface area contributed by atoms with Crippen LogP contribution in [0.1, 0.15) is 29.8 Å². The number of hydrogen-bond donors (Lipinski definition) is 2. The van der Waals surface area contributed by atoms with Gasteiger partial charge >= 0.3 is 5.97 Å². The van der Waals surface area contributed by atoms with Crippen molar-refractivity contribution in [2.75, 3.05) is 0 Å². The molecule has 1 aromatic rings. The number of hydrogen-bond acceptors (Lipinski definition) is 3. The number of aliphatic carboxylic acids is 1. The normalized spacial score (nSPS) is 11.1. The second-order valence-corrected chi connectivity index (χ2v) is 4.60. The molecule has 0 unspecified atom stereocenters. The Morgan fingerprint density at radius 3 is 2.40 bits per heavy atom. The van der Waals surface area contributed by atoms with E-state index >= 15 is 0 Å². The van der Waals surface area contributed by atoms with Crippen LogP contribution in [0.5, 0.6) is 0 Å². The topological polar surface area (TPSA) is 66.4 Å². The third-order valence-corrected chi connectivity index (χ3v) is 2.92. The van der Waals surface area contributed by atoms with Gasteiger partial charge in [0.2, 0.25) is 0 Å². The van der Waals surface area contributed by atoms with Gasteiger partial charge in [0.05, 0.1) is 5.56 Å². The second-order valence-electron chi connectivity index (χ2n) is 3.85. The Morgan fingerprint density at radius 1 is 1.40 bits per heavy atom. The van der Waals surface area contributed by atoms with E-state index < -0.39 is 11.5 Å². The van der Waals surface area contributed by atoms with Crippen molar-refractivity contribution >= 4 is 23.2 Å². The molecule has 15 heavy (non-hydrogen) atoms. The van der Waals surface area contributed by atoms with Crippen LogP contribution in [0.2, 0.25) is 0 Å². The molecular weight excluding hydrogens is 214 g/mol. The molecule has 1 aromatic heterocycles. The fourth-order valence-corrected chi connectivity index (χ4v) is 1.83. The van der Waals surface area contributed by atoms with Crippen LogP contribution in [0.25, 0.3) is 0 Å². The van der Waals surface area contributed by atoms with E-state index in [-0.39, 0.29) is 5.91 Å². The van der Waals surface area contributed by atoms with Crippen LogP contribution in [-0.4, -0.2) is 22.5 Å². The highest BCUT2D eigenvalue weighted by molar-refractivity contribution is 7.08. The highest BCUT2D eigenvalue weighted by Gasteiger charge is 2.29. The molecular formula is C10H13NO3S. The molecule has 0 radical (unpaired) electrons. The largest absolute Gasteiger partial charge is 0.480 e. The molecule has 2 N–H and O–H groups in total. The minimum Gasteiger partial charge on any atom is -0.480 e. The molecule has 0 aliphatic heterocycles. The summed E-state index contributed by atoms with van der Waals surface area (Å²) in [6.45, 7) is 4.73. The summed E-state index contributed by atoms with van der Waals surface area (Å²) >= 11 is 1.42. The van der Waals surface area contributed by atoms with E-state index in [1.54, 1.807) is 5.38 Å². The Balaban J connectivity index is 2.81. The molecule has 82 valence electrons. The van der Waals surface area contributed by atoms with Gasteiger partial charge in [-0.05, 0) is 31.7 Å². The predicted molar refractivity (Wildman–Crippen MR) is 58.2 cm³/mol. The van der Waals surface area contributed by atoms with E-state index in [9.17, 15) is 9.59 Å². The Kier molecular flexibility index (Phi) is 3.14. The van der Waals surface area contributed by atoms with Gasteiger partial charge in [0.25, 0.3) is 5.91 Å². The van der Waals surface area contributed by atoms with Crippen LogP contribution in [0, 0.1) is 6.92 Å². The summed E-state index contributed by atoms with van der Waals surface area (Å²) in [4.78, 5) is 22.5. The number of thiophene rings is 1. The average Bonchev–Trinajstić information content (AvgIpc) is 2.50. The van der Waals surface area contributed by atoms with Gasteiger partial charge in [0.15, 0.2) is 0 Å². The maximum atomic E-state index is 11.7. The van der Waals surface area contributed by atoms with Gasteiger partial charge in [-0.25, -0.2) is 4.79 Å². The van der Waals surface area contributed by atoms with Crippen LogP contribution in [0.15, 0.2) is 10.8 Å². The van der Waals surface area contributed by atoms with E-state index in [2.05, 4.69) is 5.32 Å². The summed E-state index contributed by atoms with van der Waals surface area (Å²) < 4.78 is 0. The smallest absolute Gasteiger partial charge is 0.328 e. The number of amides is 1. The fourth-order valence-electron chi connectivity index (χ4n) is 0.998. The lowest BCUT2D eigenvalue weighted by atomic mass is 10.1. The number of aryl methyl sites for hydroxylation is 1. The van der Waals surface area contributed by atoms with Crippen molar-refractivity contribution in [1.29, 1.82) is 0 Å². The molecule has 1 rings (SSSR count). The minimum atomic E-state index is -1.24. The van der Waals surface area contributed by atoms with Crippen LogP contribution in [-0.2, 0) is 4.79 Å². The summed E-state index contributed by atoms with van der Waals surface area (Å²) in [5.41, 5.74) is 0.152. The van der Waals surface area contributed by atoms with Crippen molar-refractivity contribution in [2.45, 2.75) is 26.3 Å². The molecule has 0 aliphatic rings. The highest BCUT2D eigenvalue weighted by atomic mass is 32.1. The maximum absolute atomic E-state index is 11.7. The van der Waals surface area contributed by atoms with E-state index in [1.165, 1.54) is 25.2 Å². The van der Waals surface area contributed by atoms with E-state index in [4.69, 9.17) is 5.11 Å². The predicted octanol–water partition coefficient (Wildman–Crippen LogP) is 1.65. The first kappa shape index (κ1) is 11.7. The Labute approximate surface area is 91.9 Å². The third-order valence-electron chi connectivity index (χ3n) is 2.06. The molecule has 0 atom stereocenters. The zero-order valence-corrected chi connectivity index (χ0v) is 9.64. The zero-order chi connectivity index (χ0) is 11.6. The standard InChI is InChI=1S/C10H13NO3S/c1-6-4-15-5-7(6)8(12)11-10(2,3)9(13)14/h4-5H,1-3H3,(H,11,12)(H,13,14). The first-order valence-corrected chi connectivity index (χ1v) is 5.37. The molecule has 1 amide bonds. The van der Waals surface area contributed by atoms with Crippen molar-refractivity contribution < 1.29 is 14.7 Å². The molecule has 0 saturated heterocycles. The van der Waals surface area contributed by atoms with Gasteiger partial charge in [-0.2, -0.15) is 11.3 Å². The lowest BCUT2D eigenvalue weighted by Gasteiger charge is -2.20. The number of carbonyl (C=O) groups excluding carboxylic acids is 1. The van der Waals surface area contributed by atoms with Crippen LogP contribution >= 0.6 is 11.3 Å². The molecule has 0 spiro atoms.